The molecule has 1 aromatic heterocycles. The number of hydrogen-bond donors (Lipinski definition) is 1. The molecule has 4 rings (SSSR count). The number of aromatic nitrogens is 1. The number of para-hydroxylation sites is 1. The standard InChI is InChI=1S/C25H25N3O3/c1-4-13-27-15-18(20-7-5-6-8-22(20)27)14-21-23(29)26-25(31)28(24(21)30)19-11-9-17(10-12-19)16(2)3/h5-12,14-16H,4,13H2,1-3H3,(H,26,29,31)/b21-14+. The molecule has 0 radical (unpaired) electrons. The lowest BCUT2D eigenvalue weighted by Gasteiger charge is -2.26. The Balaban J connectivity index is 1.75. The summed E-state index contributed by atoms with van der Waals surface area (Å²) in [4.78, 5) is 39.3. The number of carbonyl (C=O) groups is 3. The van der Waals surface area contributed by atoms with E-state index in [1.54, 1.807) is 18.2 Å². The summed E-state index contributed by atoms with van der Waals surface area (Å²) >= 11 is 0. The predicted octanol–water partition coefficient (Wildman–Crippen LogP) is 4.84. The van der Waals surface area contributed by atoms with Gasteiger partial charge < -0.3 is 4.57 Å². The Morgan fingerprint density at radius 1 is 1.00 bits per heavy atom. The van der Waals surface area contributed by atoms with Crippen LogP contribution >= 0.6 is 0 Å². The zero-order valence-corrected chi connectivity index (χ0v) is 17.9. The molecule has 6 heteroatoms. The molecule has 0 unspecified atom stereocenters. The smallest absolute Gasteiger partial charge is 0.335 e. The second-order valence-electron chi connectivity index (χ2n) is 8.00. The zero-order valence-electron chi connectivity index (χ0n) is 17.9. The summed E-state index contributed by atoms with van der Waals surface area (Å²) in [5.41, 5.74) is 3.28. The van der Waals surface area contributed by atoms with Gasteiger partial charge in [-0.25, -0.2) is 9.69 Å². The Labute approximate surface area is 181 Å². The maximum atomic E-state index is 13.2. The Kier molecular flexibility index (Phi) is 5.46. The van der Waals surface area contributed by atoms with Crippen LogP contribution in [0.5, 0.6) is 0 Å². The number of anilines is 1. The Hall–Kier alpha value is -3.67. The van der Waals surface area contributed by atoms with E-state index >= 15 is 0 Å². The monoisotopic (exact) mass is 415 g/mol. The number of nitrogens with zero attached hydrogens (tertiary/aromatic N) is 2. The first kappa shape index (κ1) is 20.6. The van der Waals surface area contributed by atoms with Gasteiger partial charge in [-0.3, -0.25) is 14.9 Å². The Morgan fingerprint density at radius 2 is 1.71 bits per heavy atom. The fourth-order valence-electron chi connectivity index (χ4n) is 3.87. The van der Waals surface area contributed by atoms with Gasteiger partial charge in [-0.05, 0) is 42.2 Å². The highest BCUT2D eigenvalue weighted by atomic mass is 16.2. The van der Waals surface area contributed by atoms with Crippen LogP contribution in [0.2, 0.25) is 0 Å². The minimum atomic E-state index is -0.738. The molecule has 4 amide bonds. The zero-order chi connectivity index (χ0) is 22.1. The van der Waals surface area contributed by atoms with E-state index in [4.69, 9.17) is 0 Å². The van der Waals surface area contributed by atoms with E-state index in [0.29, 0.717) is 11.6 Å². The summed E-state index contributed by atoms with van der Waals surface area (Å²) in [6.45, 7) is 7.07. The first-order valence-electron chi connectivity index (χ1n) is 10.5. The highest BCUT2D eigenvalue weighted by Crippen LogP contribution is 2.27. The van der Waals surface area contributed by atoms with Crippen LogP contribution in [0.3, 0.4) is 0 Å². The molecule has 1 fully saturated rings. The molecule has 3 aromatic rings. The average molecular weight is 415 g/mol. The van der Waals surface area contributed by atoms with Crippen LogP contribution in [-0.4, -0.2) is 22.4 Å². The van der Waals surface area contributed by atoms with Gasteiger partial charge in [-0.2, -0.15) is 0 Å². The van der Waals surface area contributed by atoms with Crippen LogP contribution < -0.4 is 10.2 Å². The molecule has 0 spiro atoms. The molecule has 0 atom stereocenters. The number of carbonyl (C=O) groups excluding carboxylic acids is 3. The lowest BCUT2D eigenvalue weighted by Crippen LogP contribution is -2.54. The third-order valence-corrected chi connectivity index (χ3v) is 5.50. The molecular weight excluding hydrogens is 390 g/mol. The van der Waals surface area contributed by atoms with Crippen LogP contribution in [-0.2, 0) is 16.1 Å². The van der Waals surface area contributed by atoms with Crippen LogP contribution in [0.4, 0.5) is 10.5 Å². The summed E-state index contributed by atoms with van der Waals surface area (Å²) in [5, 5.41) is 3.25. The van der Waals surface area contributed by atoms with E-state index in [-0.39, 0.29) is 5.57 Å². The molecule has 2 heterocycles. The SMILES string of the molecule is CCCn1cc(/C=C2\C(=O)NC(=O)N(c3ccc(C(C)C)cc3)C2=O)c2ccccc21. The third kappa shape index (κ3) is 3.77. The predicted molar refractivity (Wildman–Crippen MR) is 122 cm³/mol. The second-order valence-corrected chi connectivity index (χ2v) is 8.00. The van der Waals surface area contributed by atoms with Crippen LogP contribution in [0.1, 0.15) is 44.2 Å². The number of amides is 4. The van der Waals surface area contributed by atoms with Crippen molar-refractivity contribution >= 4 is 40.5 Å². The lowest BCUT2D eigenvalue weighted by atomic mass is 10.0. The van der Waals surface area contributed by atoms with Crippen molar-refractivity contribution in [2.45, 2.75) is 39.7 Å². The minimum Gasteiger partial charge on any atom is -0.347 e. The molecule has 1 N–H and O–H groups in total. The number of aryl methyl sites for hydroxylation is 1. The van der Waals surface area contributed by atoms with Crippen molar-refractivity contribution in [1.82, 2.24) is 9.88 Å². The van der Waals surface area contributed by atoms with Crippen LogP contribution in [0.25, 0.3) is 17.0 Å². The third-order valence-electron chi connectivity index (χ3n) is 5.50. The van der Waals surface area contributed by atoms with Crippen molar-refractivity contribution in [3.63, 3.8) is 0 Å². The van der Waals surface area contributed by atoms with E-state index < -0.39 is 17.8 Å². The molecule has 1 aliphatic heterocycles. The highest BCUT2D eigenvalue weighted by molar-refractivity contribution is 6.39. The Bertz CT molecular complexity index is 1200. The summed E-state index contributed by atoms with van der Waals surface area (Å²) in [6, 6.07) is 14.4. The van der Waals surface area contributed by atoms with Crippen molar-refractivity contribution < 1.29 is 14.4 Å². The summed E-state index contributed by atoms with van der Waals surface area (Å²) in [5.74, 6) is -0.979. The quantitative estimate of drug-likeness (QED) is 0.479. The average Bonchev–Trinajstić information content (AvgIpc) is 3.09. The van der Waals surface area contributed by atoms with E-state index in [0.717, 1.165) is 39.9 Å². The van der Waals surface area contributed by atoms with Crippen molar-refractivity contribution in [3.05, 3.63) is 71.4 Å². The van der Waals surface area contributed by atoms with Gasteiger partial charge >= 0.3 is 6.03 Å². The summed E-state index contributed by atoms with van der Waals surface area (Å²) in [6.07, 6.45) is 4.48. The second kappa shape index (κ2) is 8.22. The maximum absolute atomic E-state index is 13.2. The first-order valence-corrected chi connectivity index (χ1v) is 10.5. The maximum Gasteiger partial charge on any atom is 0.335 e. The molecule has 0 saturated carbocycles. The molecule has 31 heavy (non-hydrogen) atoms. The van der Waals surface area contributed by atoms with Gasteiger partial charge in [-0.1, -0.05) is 51.1 Å². The van der Waals surface area contributed by atoms with E-state index in [1.165, 1.54) is 0 Å². The van der Waals surface area contributed by atoms with Crippen molar-refractivity contribution in [3.8, 4) is 0 Å². The fraction of sp³-hybridized carbons (Fsp3) is 0.240. The number of hydrogen-bond acceptors (Lipinski definition) is 3. The molecule has 1 saturated heterocycles. The number of nitrogens with one attached hydrogen (secondary N) is 1. The number of imide groups is 2. The van der Waals surface area contributed by atoms with Gasteiger partial charge in [0.15, 0.2) is 0 Å². The Morgan fingerprint density at radius 3 is 2.39 bits per heavy atom. The molecule has 2 aromatic carbocycles. The molecule has 6 nitrogen and oxygen atoms in total. The number of fused-ring (bicyclic) bond motifs is 1. The van der Waals surface area contributed by atoms with Crippen molar-refractivity contribution in [2.24, 2.45) is 0 Å². The summed E-state index contributed by atoms with van der Waals surface area (Å²) in [7, 11) is 0. The molecule has 0 aliphatic carbocycles. The van der Waals surface area contributed by atoms with E-state index in [9.17, 15) is 14.4 Å². The van der Waals surface area contributed by atoms with Gasteiger partial charge in [0, 0.05) is 29.2 Å². The van der Waals surface area contributed by atoms with Crippen molar-refractivity contribution in [1.29, 1.82) is 0 Å². The van der Waals surface area contributed by atoms with Gasteiger partial charge in [0.2, 0.25) is 0 Å². The lowest BCUT2D eigenvalue weighted by molar-refractivity contribution is -0.122. The van der Waals surface area contributed by atoms with Gasteiger partial charge in [0.25, 0.3) is 11.8 Å². The topological polar surface area (TPSA) is 71.4 Å². The highest BCUT2D eigenvalue weighted by Gasteiger charge is 2.37. The van der Waals surface area contributed by atoms with Gasteiger partial charge in [-0.15, -0.1) is 0 Å². The van der Waals surface area contributed by atoms with Crippen molar-refractivity contribution in [2.75, 3.05) is 4.90 Å². The molecule has 158 valence electrons. The largest absolute Gasteiger partial charge is 0.347 e. The van der Waals surface area contributed by atoms with Crippen LogP contribution in [0, 0.1) is 0 Å². The van der Waals surface area contributed by atoms with Gasteiger partial charge in [0.05, 0.1) is 5.69 Å². The van der Waals surface area contributed by atoms with Crippen LogP contribution in [0.15, 0.2) is 60.3 Å². The number of benzene rings is 2. The van der Waals surface area contributed by atoms with Gasteiger partial charge in [0.1, 0.15) is 5.57 Å². The number of barbiturate groups is 1. The van der Waals surface area contributed by atoms with E-state index in [1.807, 2.05) is 42.6 Å². The van der Waals surface area contributed by atoms with E-state index in [2.05, 4.69) is 30.7 Å². The minimum absolute atomic E-state index is 0.0630. The number of rotatable bonds is 5. The fourth-order valence-corrected chi connectivity index (χ4v) is 3.87. The summed E-state index contributed by atoms with van der Waals surface area (Å²) < 4.78 is 2.11. The first-order chi connectivity index (χ1) is 14.9. The molecular formula is C25H25N3O3. The molecule has 0 bridgehead atoms. The number of urea groups is 1. The molecule has 1 aliphatic rings. The normalized spacial score (nSPS) is 15.9.